The van der Waals surface area contributed by atoms with E-state index in [0.717, 1.165) is 37.7 Å². The van der Waals surface area contributed by atoms with Crippen LogP contribution >= 0.6 is 11.6 Å². The molecule has 38 heavy (non-hydrogen) atoms. The number of aromatic nitrogens is 2. The largest absolute Gasteiger partial charge is 0.465 e. The number of amides is 2. The SMILES string of the molecule is CCOC(=O)CN1CCN(c2cc(Nc3cccc(NC(=O)Nc4ccc(F)c(Cl)c4)c3)nc(C)n2)CC1. The second-order valence-electron chi connectivity index (χ2n) is 8.64. The average molecular weight is 542 g/mol. The molecule has 12 heteroatoms. The number of esters is 1. The van der Waals surface area contributed by atoms with Crippen molar-refractivity contribution in [2.45, 2.75) is 13.8 Å². The number of aryl methyl sites for hydroxylation is 1. The van der Waals surface area contributed by atoms with Crippen LogP contribution in [0.3, 0.4) is 0 Å². The molecule has 0 bridgehead atoms. The van der Waals surface area contributed by atoms with Crippen LogP contribution in [0.1, 0.15) is 12.7 Å². The molecule has 10 nitrogen and oxygen atoms in total. The van der Waals surface area contributed by atoms with Gasteiger partial charge in [0.1, 0.15) is 23.3 Å². The van der Waals surface area contributed by atoms with Crippen LogP contribution < -0.4 is 20.9 Å². The standard InChI is InChI=1S/C26H29ClFN7O3/c1-3-38-25(36)16-34-9-11-35(12-10-34)24-15-23(29-17(2)30-24)31-18-5-4-6-19(13-18)32-26(37)33-20-7-8-22(28)21(27)14-20/h4-8,13-15H,3,9-12,16H2,1-2H3,(H,29,30,31)(H2,32,33,37). The Morgan fingerprint density at radius 2 is 1.71 bits per heavy atom. The smallest absolute Gasteiger partial charge is 0.323 e. The first-order chi connectivity index (χ1) is 18.3. The Morgan fingerprint density at radius 1 is 1.00 bits per heavy atom. The second-order valence-corrected chi connectivity index (χ2v) is 9.05. The third-order valence-electron chi connectivity index (χ3n) is 5.75. The van der Waals surface area contributed by atoms with Crippen molar-refractivity contribution >= 4 is 52.3 Å². The Morgan fingerprint density at radius 3 is 2.42 bits per heavy atom. The molecule has 3 N–H and O–H groups in total. The number of carbonyl (C=O) groups is 2. The number of halogens is 2. The van der Waals surface area contributed by atoms with E-state index in [4.69, 9.17) is 16.3 Å². The van der Waals surface area contributed by atoms with Gasteiger partial charge < -0.3 is 25.6 Å². The molecular formula is C26H29ClFN7O3. The molecule has 2 aromatic carbocycles. The van der Waals surface area contributed by atoms with Gasteiger partial charge in [-0.1, -0.05) is 17.7 Å². The molecule has 0 unspecified atom stereocenters. The van der Waals surface area contributed by atoms with E-state index in [9.17, 15) is 14.0 Å². The van der Waals surface area contributed by atoms with Crippen LogP contribution in [0.4, 0.5) is 37.9 Å². The molecule has 3 aromatic rings. The summed E-state index contributed by atoms with van der Waals surface area (Å²) in [5, 5.41) is 8.56. The zero-order valence-corrected chi connectivity index (χ0v) is 21.9. The van der Waals surface area contributed by atoms with Crippen molar-refractivity contribution in [2.24, 2.45) is 0 Å². The topological polar surface area (TPSA) is 112 Å². The molecule has 2 heterocycles. The quantitative estimate of drug-likeness (QED) is 0.353. The van der Waals surface area contributed by atoms with Gasteiger partial charge in [-0.25, -0.2) is 19.2 Å². The van der Waals surface area contributed by atoms with Crippen molar-refractivity contribution in [1.29, 1.82) is 0 Å². The van der Waals surface area contributed by atoms with Crippen LogP contribution in [0.5, 0.6) is 0 Å². The Labute approximate surface area is 225 Å². The first kappa shape index (κ1) is 27.1. The van der Waals surface area contributed by atoms with Gasteiger partial charge in [0.2, 0.25) is 0 Å². The monoisotopic (exact) mass is 541 g/mol. The number of ether oxygens (including phenoxy) is 1. The van der Waals surface area contributed by atoms with Gasteiger partial charge in [-0.2, -0.15) is 0 Å². The molecule has 0 aliphatic carbocycles. The Bertz CT molecular complexity index is 1300. The number of hydrogen-bond donors (Lipinski definition) is 3. The maximum absolute atomic E-state index is 13.3. The molecule has 0 radical (unpaired) electrons. The summed E-state index contributed by atoms with van der Waals surface area (Å²) in [6.07, 6.45) is 0. The zero-order chi connectivity index (χ0) is 27.1. The van der Waals surface area contributed by atoms with Gasteiger partial charge in [-0.15, -0.1) is 0 Å². The van der Waals surface area contributed by atoms with Crippen LogP contribution in [0.2, 0.25) is 5.02 Å². The van der Waals surface area contributed by atoms with Gasteiger partial charge in [0.25, 0.3) is 0 Å². The van der Waals surface area contributed by atoms with Crippen LogP contribution in [0, 0.1) is 12.7 Å². The number of nitrogens with one attached hydrogen (secondary N) is 3. The van der Waals surface area contributed by atoms with E-state index in [-0.39, 0.29) is 17.5 Å². The minimum absolute atomic E-state index is 0.0768. The summed E-state index contributed by atoms with van der Waals surface area (Å²) in [6, 6.07) is 12.5. The summed E-state index contributed by atoms with van der Waals surface area (Å²) >= 11 is 5.77. The van der Waals surface area contributed by atoms with Gasteiger partial charge >= 0.3 is 12.0 Å². The number of rotatable bonds is 8. The molecule has 0 saturated carbocycles. The lowest BCUT2D eigenvalue weighted by Gasteiger charge is -2.35. The number of anilines is 5. The van der Waals surface area contributed by atoms with Crippen LogP contribution in [-0.4, -0.2) is 66.2 Å². The van der Waals surface area contributed by atoms with Gasteiger partial charge in [0, 0.05) is 49.3 Å². The molecule has 200 valence electrons. The third-order valence-corrected chi connectivity index (χ3v) is 6.04. The molecule has 0 spiro atoms. The number of carbonyl (C=O) groups excluding carboxylic acids is 2. The molecule has 1 saturated heterocycles. The number of benzene rings is 2. The number of piperazine rings is 1. The highest BCUT2D eigenvalue weighted by Crippen LogP contribution is 2.24. The van der Waals surface area contributed by atoms with E-state index >= 15 is 0 Å². The molecule has 1 aromatic heterocycles. The molecule has 0 atom stereocenters. The van der Waals surface area contributed by atoms with Crippen molar-refractivity contribution in [3.05, 3.63) is 65.2 Å². The number of urea groups is 1. The summed E-state index contributed by atoms with van der Waals surface area (Å²) in [4.78, 5) is 37.5. The predicted molar refractivity (Wildman–Crippen MR) is 146 cm³/mol. The van der Waals surface area contributed by atoms with Crippen LogP contribution in [0.25, 0.3) is 0 Å². The van der Waals surface area contributed by atoms with Crippen molar-refractivity contribution in [3.8, 4) is 0 Å². The Kier molecular flexibility index (Phi) is 8.93. The Hall–Kier alpha value is -3.96. The molecule has 1 aliphatic heterocycles. The molecule has 1 aliphatic rings. The number of hydrogen-bond acceptors (Lipinski definition) is 8. The van der Waals surface area contributed by atoms with Crippen LogP contribution in [0.15, 0.2) is 48.5 Å². The van der Waals surface area contributed by atoms with E-state index in [1.165, 1.54) is 18.2 Å². The van der Waals surface area contributed by atoms with E-state index in [1.807, 2.05) is 19.1 Å². The fourth-order valence-electron chi connectivity index (χ4n) is 3.99. The van der Waals surface area contributed by atoms with Gasteiger partial charge in [-0.3, -0.25) is 9.69 Å². The summed E-state index contributed by atoms with van der Waals surface area (Å²) in [5.74, 6) is 1.26. The van der Waals surface area contributed by atoms with Crippen molar-refractivity contribution in [3.63, 3.8) is 0 Å². The summed E-state index contributed by atoms with van der Waals surface area (Å²) in [7, 11) is 0. The minimum atomic E-state index is -0.559. The first-order valence-electron chi connectivity index (χ1n) is 12.2. The lowest BCUT2D eigenvalue weighted by Crippen LogP contribution is -2.48. The van der Waals surface area contributed by atoms with E-state index < -0.39 is 11.8 Å². The lowest BCUT2D eigenvalue weighted by atomic mass is 10.2. The molecule has 4 rings (SSSR count). The van der Waals surface area contributed by atoms with Gasteiger partial charge in [0.15, 0.2) is 0 Å². The van der Waals surface area contributed by atoms with E-state index in [2.05, 4.69) is 35.7 Å². The first-order valence-corrected chi connectivity index (χ1v) is 12.6. The van der Waals surface area contributed by atoms with Gasteiger partial charge in [-0.05, 0) is 50.2 Å². The second kappa shape index (κ2) is 12.5. The van der Waals surface area contributed by atoms with E-state index in [1.54, 1.807) is 25.1 Å². The van der Waals surface area contributed by atoms with Crippen molar-refractivity contribution < 1.29 is 18.7 Å². The maximum atomic E-state index is 13.3. The highest BCUT2D eigenvalue weighted by atomic mass is 35.5. The van der Waals surface area contributed by atoms with E-state index in [0.29, 0.717) is 29.6 Å². The number of nitrogens with zero attached hydrogens (tertiary/aromatic N) is 4. The molecule has 2 amide bonds. The average Bonchev–Trinajstić information content (AvgIpc) is 2.87. The third kappa shape index (κ3) is 7.53. The summed E-state index contributed by atoms with van der Waals surface area (Å²) < 4.78 is 18.4. The fourth-order valence-corrected chi connectivity index (χ4v) is 4.17. The zero-order valence-electron chi connectivity index (χ0n) is 21.1. The summed E-state index contributed by atoms with van der Waals surface area (Å²) in [5.41, 5.74) is 1.63. The maximum Gasteiger partial charge on any atom is 0.323 e. The normalized spacial score (nSPS) is 13.6. The Balaban J connectivity index is 1.36. The highest BCUT2D eigenvalue weighted by molar-refractivity contribution is 6.31. The molecular weight excluding hydrogens is 513 g/mol. The predicted octanol–water partition coefficient (Wildman–Crippen LogP) is 4.65. The summed E-state index contributed by atoms with van der Waals surface area (Å²) in [6.45, 7) is 7.20. The lowest BCUT2D eigenvalue weighted by molar-refractivity contribution is -0.144. The minimum Gasteiger partial charge on any atom is -0.465 e. The van der Waals surface area contributed by atoms with Crippen molar-refractivity contribution in [2.75, 3.05) is 60.2 Å². The van der Waals surface area contributed by atoms with Crippen LogP contribution in [-0.2, 0) is 9.53 Å². The molecule has 1 fully saturated rings. The highest BCUT2D eigenvalue weighted by Gasteiger charge is 2.21. The van der Waals surface area contributed by atoms with Crippen molar-refractivity contribution in [1.82, 2.24) is 14.9 Å². The van der Waals surface area contributed by atoms with Gasteiger partial charge in [0.05, 0.1) is 18.2 Å². The fraction of sp³-hybridized carbons (Fsp3) is 0.308.